The molecule has 0 radical (unpaired) electrons. The zero-order valence-corrected chi connectivity index (χ0v) is 11.7. The lowest BCUT2D eigenvalue weighted by Gasteiger charge is -2.23. The Bertz CT molecular complexity index is 492. The van der Waals surface area contributed by atoms with Crippen molar-refractivity contribution in [2.45, 2.75) is 32.0 Å². The maximum atomic E-state index is 5.70. The van der Waals surface area contributed by atoms with E-state index in [1.807, 2.05) is 6.07 Å². The molecule has 2 unspecified atom stereocenters. The van der Waals surface area contributed by atoms with Crippen LogP contribution in [0.3, 0.4) is 0 Å². The average Bonchev–Trinajstić information content (AvgIpc) is 2.72. The van der Waals surface area contributed by atoms with E-state index in [0.717, 1.165) is 19.5 Å². The Balaban J connectivity index is 1.99. The first-order chi connectivity index (χ1) is 9.56. The van der Waals surface area contributed by atoms with E-state index in [0.29, 0.717) is 6.04 Å². The van der Waals surface area contributed by atoms with Gasteiger partial charge in [0.15, 0.2) is 5.96 Å². The van der Waals surface area contributed by atoms with Crippen molar-refractivity contribution in [1.29, 1.82) is 0 Å². The molecule has 1 aromatic rings. The van der Waals surface area contributed by atoms with Crippen molar-refractivity contribution in [1.82, 2.24) is 4.90 Å². The Hall–Kier alpha value is -2.08. The van der Waals surface area contributed by atoms with Crippen molar-refractivity contribution in [3.05, 3.63) is 35.9 Å². The van der Waals surface area contributed by atoms with Crippen LogP contribution in [0, 0.1) is 0 Å². The molecular formula is C14H22N6. The standard InChI is InChI=1S/C14H22N6/c1-10-12(18-14(17)19-13(15)16)7-8-20(10)9-11-5-3-2-4-6-11/h2-6,10,12H,7-9H2,1H3,(H6,15,16,17,18,19). The van der Waals surface area contributed by atoms with Crippen molar-refractivity contribution in [2.75, 3.05) is 6.54 Å². The summed E-state index contributed by atoms with van der Waals surface area (Å²) < 4.78 is 0. The van der Waals surface area contributed by atoms with E-state index in [4.69, 9.17) is 17.2 Å². The summed E-state index contributed by atoms with van der Waals surface area (Å²) in [6.45, 7) is 4.09. The summed E-state index contributed by atoms with van der Waals surface area (Å²) in [6, 6.07) is 10.9. The fourth-order valence-electron chi connectivity index (χ4n) is 2.53. The minimum atomic E-state index is -0.0574. The maximum absolute atomic E-state index is 5.70. The number of likely N-dealkylation sites (tertiary alicyclic amines) is 1. The van der Waals surface area contributed by atoms with Gasteiger partial charge in [-0.3, -0.25) is 4.90 Å². The van der Waals surface area contributed by atoms with Gasteiger partial charge in [-0.15, -0.1) is 0 Å². The van der Waals surface area contributed by atoms with Crippen LogP contribution in [0.25, 0.3) is 0 Å². The third-order valence-electron chi connectivity index (χ3n) is 3.62. The molecule has 2 atom stereocenters. The highest BCUT2D eigenvalue weighted by Gasteiger charge is 2.30. The van der Waals surface area contributed by atoms with Gasteiger partial charge in [0.25, 0.3) is 0 Å². The van der Waals surface area contributed by atoms with Gasteiger partial charge in [0, 0.05) is 19.1 Å². The molecule has 0 aliphatic carbocycles. The number of guanidine groups is 2. The Morgan fingerprint density at radius 1 is 1.25 bits per heavy atom. The van der Waals surface area contributed by atoms with E-state index in [1.165, 1.54) is 5.56 Å². The molecule has 2 rings (SSSR count). The van der Waals surface area contributed by atoms with Crippen molar-refractivity contribution in [3.8, 4) is 0 Å². The van der Waals surface area contributed by atoms with Crippen LogP contribution < -0.4 is 17.2 Å². The van der Waals surface area contributed by atoms with E-state index in [-0.39, 0.29) is 18.0 Å². The third-order valence-corrected chi connectivity index (χ3v) is 3.62. The molecule has 0 saturated carbocycles. The molecule has 6 N–H and O–H groups in total. The minimum absolute atomic E-state index is 0.0574. The van der Waals surface area contributed by atoms with E-state index < -0.39 is 0 Å². The molecule has 1 aliphatic rings. The van der Waals surface area contributed by atoms with Gasteiger partial charge < -0.3 is 17.2 Å². The third kappa shape index (κ3) is 3.71. The topological polar surface area (TPSA) is 106 Å². The fourth-order valence-corrected chi connectivity index (χ4v) is 2.53. The van der Waals surface area contributed by atoms with Gasteiger partial charge in [0.2, 0.25) is 5.96 Å². The highest BCUT2D eigenvalue weighted by Crippen LogP contribution is 2.22. The number of nitrogens with zero attached hydrogens (tertiary/aromatic N) is 3. The molecule has 1 heterocycles. The Morgan fingerprint density at radius 3 is 2.60 bits per heavy atom. The van der Waals surface area contributed by atoms with Gasteiger partial charge in [0.1, 0.15) is 0 Å². The van der Waals surface area contributed by atoms with Gasteiger partial charge in [-0.25, -0.2) is 4.99 Å². The summed E-state index contributed by atoms with van der Waals surface area (Å²) in [5, 5.41) is 0. The summed E-state index contributed by atoms with van der Waals surface area (Å²) in [7, 11) is 0. The summed E-state index contributed by atoms with van der Waals surface area (Å²) in [4.78, 5) is 10.6. The van der Waals surface area contributed by atoms with Crippen LogP contribution in [-0.4, -0.2) is 35.4 Å². The van der Waals surface area contributed by atoms with Crippen LogP contribution >= 0.6 is 0 Å². The lowest BCUT2D eigenvalue weighted by atomic mass is 10.1. The highest BCUT2D eigenvalue weighted by atomic mass is 15.2. The van der Waals surface area contributed by atoms with Crippen LogP contribution in [0.15, 0.2) is 40.3 Å². The Labute approximate surface area is 119 Å². The minimum Gasteiger partial charge on any atom is -0.370 e. The first-order valence-electron chi connectivity index (χ1n) is 6.77. The van der Waals surface area contributed by atoms with Gasteiger partial charge in [-0.05, 0) is 18.9 Å². The molecule has 0 bridgehead atoms. The van der Waals surface area contributed by atoms with Crippen molar-refractivity contribution in [3.63, 3.8) is 0 Å². The van der Waals surface area contributed by atoms with Crippen molar-refractivity contribution >= 4 is 11.9 Å². The monoisotopic (exact) mass is 274 g/mol. The fraction of sp³-hybridized carbons (Fsp3) is 0.429. The number of hydrogen-bond donors (Lipinski definition) is 3. The molecule has 108 valence electrons. The van der Waals surface area contributed by atoms with Gasteiger partial charge in [0.05, 0.1) is 6.04 Å². The zero-order chi connectivity index (χ0) is 14.5. The molecule has 0 spiro atoms. The first-order valence-corrected chi connectivity index (χ1v) is 6.77. The molecule has 1 fully saturated rings. The van der Waals surface area contributed by atoms with Crippen LogP contribution in [0.4, 0.5) is 0 Å². The molecule has 6 nitrogen and oxygen atoms in total. The zero-order valence-electron chi connectivity index (χ0n) is 11.7. The Kier molecular flexibility index (Phi) is 4.57. The predicted octanol–water partition coefficient (Wildman–Crippen LogP) is 0.238. The average molecular weight is 274 g/mol. The number of aliphatic imine (C=N–C) groups is 2. The molecule has 0 aromatic heterocycles. The van der Waals surface area contributed by atoms with Crippen LogP contribution in [0.5, 0.6) is 0 Å². The van der Waals surface area contributed by atoms with Gasteiger partial charge >= 0.3 is 0 Å². The van der Waals surface area contributed by atoms with Crippen LogP contribution in [0.2, 0.25) is 0 Å². The lowest BCUT2D eigenvalue weighted by molar-refractivity contribution is 0.252. The largest absolute Gasteiger partial charge is 0.370 e. The van der Waals surface area contributed by atoms with E-state index in [2.05, 4.69) is 46.1 Å². The smallest absolute Gasteiger partial charge is 0.218 e. The number of rotatable bonds is 3. The lowest BCUT2D eigenvalue weighted by Crippen LogP contribution is -2.32. The maximum Gasteiger partial charge on any atom is 0.218 e. The summed E-state index contributed by atoms with van der Waals surface area (Å²) in [5.41, 5.74) is 17.6. The molecular weight excluding hydrogens is 252 g/mol. The second-order valence-corrected chi connectivity index (χ2v) is 5.08. The van der Waals surface area contributed by atoms with E-state index in [9.17, 15) is 0 Å². The molecule has 6 heteroatoms. The van der Waals surface area contributed by atoms with E-state index in [1.54, 1.807) is 0 Å². The number of benzene rings is 1. The molecule has 1 aliphatic heterocycles. The first kappa shape index (κ1) is 14.3. The number of nitrogens with two attached hydrogens (primary N) is 3. The molecule has 0 amide bonds. The molecule has 1 saturated heterocycles. The summed E-state index contributed by atoms with van der Waals surface area (Å²) >= 11 is 0. The van der Waals surface area contributed by atoms with E-state index >= 15 is 0 Å². The van der Waals surface area contributed by atoms with Crippen LogP contribution in [0.1, 0.15) is 18.9 Å². The highest BCUT2D eigenvalue weighted by molar-refractivity contribution is 5.92. The normalized spacial score (nSPS) is 23.8. The second kappa shape index (κ2) is 6.38. The molecule has 1 aromatic carbocycles. The van der Waals surface area contributed by atoms with Gasteiger partial charge in [-0.1, -0.05) is 30.3 Å². The molecule has 20 heavy (non-hydrogen) atoms. The number of hydrogen-bond acceptors (Lipinski definition) is 2. The SMILES string of the molecule is CC1C(N=C(N)N=C(N)N)CCN1Cc1ccccc1. The van der Waals surface area contributed by atoms with Crippen molar-refractivity contribution in [2.24, 2.45) is 27.2 Å². The Morgan fingerprint density at radius 2 is 1.95 bits per heavy atom. The quantitative estimate of drug-likeness (QED) is 0.542. The summed E-state index contributed by atoms with van der Waals surface area (Å²) in [5.74, 6) is 0.0986. The summed E-state index contributed by atoms with van der Waals surface area (Å²) in [6.07, 6.45) is 0.967. The van der Waals surface area contributed by atoms with Crippen molar-refractivity contribution < 1.29 is 0 Å². The van der Waals surface area contributed by atoms with Gasteiger partial charge in [-0.2, -0.15) is 4.99 Å². The second-order valence-electron chi connectivity index (χ2n) is 5.08. The predicted molar refractivity (Wildman–Crippen MR) is 82.2 cm³/mol. The van der Waals surface area contributed by atoms with Crippen LogP contribution in [-0.2, 0) is 6.54 Å².